The quantitative estimate of drug-likeness (QED) is 0.756. The van der Waals surface area contributed by atoms with Gasteiger partial charge in [-0.05, 0) is 25.1 Å². The Kier molecular flexibility index (Phi) is 2.48. The lowest BCUT2D eigenvalue weighted by atomic mass is 10.1. The smallest absolute Gasteiger partial charge is 0.221 e. The van der Waals surface area contributed by atoms with E-state index < -0.39 is 0 Å². The largest absolute Gasteiger partial charge is 0.358 e. The van der Waals surface area contributed by atoms with Gasteiger partial charge in [0.2, 0.25) is 5.91 Å². The second-order valence-corrected chi connectivity index (χ2v) is 3.72. The second-order valence-electron chi connectivity index (χ2n) is 3.72. The predicted molar refractivity (Wildman–Crippen MR) is 62.7 cm³/mol. The van der Waals surface area contributed by atoms with Crippen LogP contribution in [0.2, 0.25) is 0 Å². The Morgan fingerprint density at radius 2 is 2.19 bits per heavy atom. The SMILES string of the molecule is CC(=O)Nc1ccc2[nH]c(C)c(C=O)c2c1. The van der Waals surface area contributed by atoms with Gasteiger partial charge in [-0.2, -0.15) is 0 Å². The minimum absolute atomic E-state index is 0.126. The van der Waals surface area contributed by atoms with Crippen molar-refractivity contribution < 1.29 is 9.59 Å². The second kappa shape index (κ2) is 3.81. The normalized spacial score (nSPS) is 10.4. The van der Waals surface area contributed by atoms with Crippen LogP contribution in [0, 0.1) is 6.92 Å². The summed E-state index contributed by atoms with van der Waals surface area (Å²) in [5.74, 6) is -0.126. The molecular weight excluding hydrogens is 204 g/mol. The molecule has 0 radical (unpaired) electrons. The van der Waals surface area contributed by atoms with Crippen molar-refractivity contribution in [3.05, 3.63) is 29.5 Å². The van der Waals surface area contributed by atoms with Gasteiger partial charge < -0.3 is 10.3 Å². The van der Waals surface area contributed by atoms with Gasteiger partial charge in [0.25, 0.3) is 0 Å². The molecule has 2 rings (SSSR count). The van der Waals surface area contributed by atoms with E-state index in [9.17, 15) is 9.59 Å². The molecule has 0 saturated carbocycles. The van der Waals surface area contributed by atoms with Crippen LogP contribution in [0.1, 0.15) is 23.0 Å². The first-order valence-electron chi connectivity index (χ1n) is 4.97. The molecule has 0 aliphatic rings. The summed E-state index contributed by atoms with van der Waals surface area (Å²) in [6, 6.07) is 5.44. The average Bonchev–Trinajstić information content (AvgIpc) is 2.52. The molecule has 4 heteroatoms. The number of fused-ring (bicyclic) bond motifs is 1. The zero-order valence-electron chi connectivity index (χ0n) is 9.13. The van der Waals surface area contributed by atoms with E-state index in [1.165, 1.54) is 6.92 Å². The summed E-state index contributed by atoms with van der Waals surface area (Å²) in [4.78, 5) is 25.0. The number of H-pyrrole nitrogens is 1. The Hall–Kier alpha value is -2.10. The van der Waals surface area contributed by atoms with Gasteiger partial charge in [0, 0.05) is 34.8 Å². The van der Waals surface area contributed by atoms with Gasteiger partial charge in [0.1, 0.15) is 0 Å². The highest BCUT2D eigenvalue weighted by Crippen LogP contribution is 2.23. The number of carbonyl (C=O) groups excluding carboxylic acids is 2. The predicted octanol–water partition coefficient (Wildman–Crippen LogP) is 2.25. The third-order valence-electron chi connectivity index (χ3n) is 2.47. The number of anilines is 1. The molecule has 1 heterocycles. The number of carbonyl (C=O) groups is 2. The lowest BCUT2D eigenvalue weighted by molar-refractivity contribution is -0.114. The van der Waals surface area contributed by atoms with Crippen molar-refractivity contribution >= 4 is 28.8 Å². The maximum absolute atomic E-state index is 10.9. The van der Waals surface area contributed by atoms with Crippen LogP contribution in [0.15, 0.2) is 18.2 Å². The van der Waals surface area contributed by atoms with Gasteiger partial charge >= 0.3 is 0 Å². The zero-order chi connectivity index (χ0) is 11.7. The van der Waals surface area contributed by atoms with Crippen LogP contribution in [-0.4, -0.2) is 17.2 Å². The summed E-state index contributed by atoms with van der Waals surface area (Å²) in [6.07, 6.45) is 0.825. The highest BCUT2D eigenvalue weighted by molar-refractivity contribution is 6.01. The Labute approximate surface area is 92.7 Å². The first kappa shape index (κ1) is 10.4. The third-order valence-corrected chi connectivity index (χ3v) is 2.47. The number of hydrogen-bond donors (Lipinski definition) is 2. The van der Waals surface area contributed by atoms with E-state index in [1.54, 1.807) is 12.1 Å². The molecule has 0 aliphatic heterocycles. The van der Waals surface area contributed by atoms with Gasteiger partial charge in [-0.3, -0.25) is 9.59 Å². The van der Waals surface area contributed by atoms with Crippen molar-refractivity contribution in [3.63, 3.8) is 0 Å². The van der Waals surface area contributed by atoms with E-state index >= 15 is 0 Å². The number of nitrogens with one attached hydrogen (secondary N) is 2. The molecule has 0 atom stereocenters. The van der Waals surface area contributed by atoms with Crippen molar-refractivity contribution in [2.24, 2.45) is 0 Å². The third kappa shape index (κ3) is 1.69. The molecule has 16 heavy (non-hydrogen) atoms. The monoisotopic (exact) mass is 216 g/mol. The lowest BCUT2D eigenvalue weighted by Crippen LogP contribution is -2.05. The number of aromatic nitrogens is 1. The van der Waals surface area contributed by atoms with E-state index in [0.29, 0.717) is 11.3 Å². The molecule has 0 bridgehead atoms. The van der Waals surface area contributed by atoms with Crippen LogP contribution in [0.5, 0.6) is 0 Å². The lowest BCUT2D eigenvalue weighted by Gasteiger charge is -2.01. The summed E-state index contributed by atoms with van der Waals surface area (Å²) < 4.78 is 0. The van der Waals surface area contributed by atoms with E-state index in [4.69, 9.17) is 0 Å². The number of rotatable bonds is 2. The van der Waals surface area contributed by atoms with Gasteiger partial charge in [0.05, 0.1) is 0 Å². The molecule has 1 amide bonds. The number of hydrogen-bond acceptors (Lipinski definition) is 2. The zero-order valence-corrected chi connectivity index (χ0v) is 9.13. The molecule has 82 valence electrons. The molecule has 0 saturated heterocycles. The molecule has 0 fully saturated rings. The van der Waals surface area contributed by atoms with Gasteiger partial charge in [-0.25, -0.2) is 0 Å². The van der Waals surface area contributed by atoms with Gasteiger partial charge in [0.15, 0.2) is 6.29 Å². The van der Waals surface area contributed by atoms with Crippen LogP contribution in [0.4, 0.5) is 5.69 Å². The Morgan fingerprint density at radius 3 is 2.81 bits per heavy atom. The minimum Gasteiger partial charge on any atom is -0.358 e. The summed E-state index contributed by atoms with van der Waals surface area (Å²) in [5, 5.41) is 3.52. The molecule has 0 unspecified atom stereocenters. The maximum Gasteiger partial charge on any atom is 0.221 e. The summed E-state index contributed by atoms with van der Waals surface area (Å²) in [7, 11) is 0. The van der Waals surface area contributed by atoms with Crippen LogP contribution in [0.25, 0.3) is 10.9 Å². The Balaban J connectivity index is 2.59. The molecule has 1 aromatic heterocycles. The summed E-state index contributed by atoms with van der Waals surface area (Å²) in [5.41, 5.74) is 3.07. The topological polar surface area (TPSA) is 62.0 Å². The number of amides is 1. The van der Waals surface area contributed by atoms with E-state index in [-0.39, 0.29) is 5.91 Å². The Bertz CT molecular complexity index is 570. The van der Waals surface area contributed by atoms with E-state index in [0.717, 1.165) is 22.9 Å². The fourth-order valence-electron chi connectivity index (χ4n) is 1.78. The first-order chi connectivity index (χ1) is 7.61. The minimum atomic E-state index is -0.126. The first-order valence-corrected chi connectivity index (χ1v) is 4.97. The molecule has 2 N–H and O–H groups in total. The number of aryl methyl sites for hydroxylation is 1. The Morgan fingerprint density at radius 1 is 1.44 bits per heavy atom. The molecule has 1 aromatic carbocycles. The molecule has 4 nitrogen and oxygen atoms in total. The highest BCUT2D eigenvalue weighted by atomic mass is 16.1. The average molecular weight is 216 g/mol. The van der Waals surface area contributed by atoms with Gasteiger partial charge in [-0.15, -0.1) is 0 Å². The van der Waals surface area contributed by atoms with E-state index in [1.807, 2.05) is 13.0 Å². The van der Waals surface area contributed by atoms with Crippen LogP contribution >= 0.6 is 0 Å². The molecular formula is C12H12N2O2. The fraction of sp³-hybridized carbons (Fsp3) is 0.167. The molecule has 2 aromatic rings. The van der Waals surface area contributed by atoms with Crippen LogP contribution in [0.3, 0.4) is 0 Å². The number of aromatic amines is 1. The molecule has 0 aliphatic carbocycles. The van der Waals surface area contributed by atoms with Gasteiger partial charge in [-0.1, -0.05) is 0 Å². The van der Waals surface area contributed by atoms with Crippen LogP contribution < -0.4 is 5.32 Å². The summed E-state index contributed by atoms with van der Waals surface area (Å²) >= 11 is 0. The highest BCUT2D eigenvalue weighted by Gasteiger charge is 2.08. The molecule has 0 spiro atoms. The van der Waals surface area contributed by atoms with Crippen molar-refractivity contribution in [3.8, 4) is 0 Å². The van der Waals surface area contributed by atoms with Crippen molar-refractivity contribution in [1.29, 1.82) is 0 Å². The number of aldehydes is 1. The standard InChI is InChI=1S/C12H12N2O2/c1-7-11(6-15)10-5-9(14-8(2)16)3-4-12(10)13-7/h3-6,13H,1-2H3,(H,14,16). The number of benzene rings is 1. The summed E-state index contributed by atoms with van der Waals surface area (Å²) in [6.45, 7) is 3.30. The van der Waals surface area contributed by atoms with E-state index in [2.05, 4.69) is 10.3 Å². The van der Waals surface area contributed by atoms with Crippen molar-refractivity contribution in [1.82, 2.24) is 4.98 Å². The van der Waals surface area contributed by atoms with Crippen molar-refractivity contribution in [2.75, 3.05) is 5.32 Å². The van der Waals surface area contributed by atoms with Crippen LogP contribution in [-0.2, 0) is 4.79 Å². The van der Waals surface area contributed by atoms with Crippen molar-refractivity contribution in [2.45, 2.75) is 13.8 Å². The maximum atomic E-state index is 10.9. The fourth-order valence-corrected chi connectivity index (χ4v) is 1.78.